The Kier molecular flexibility index (Phi) is 7.18. The number of nitrogens with one attached hydrogen (secondary N) is 2. The molecule has 9 nitrogen and oxygen atoms in total. The van der Waals surface area contributed by atoms with Crippen LogP contribution < -0.4 is 20.1 Å². The van der Waals surface area contributed by atoms with Crippen molar-refractivity contribution in [2.24, 2.45) is 0 Å². The Bertz CT molecular complexity index is 1200. The molecule has 0 radical (unpaired) electrons. The van der Waals surface area contributed by atoms with Crippen LogP contribution in [-0.2, 0) is 4.74 Å². The van der Waals surface area contributed by atoms with E-state index >= 15 is 0 Å². The minimum atomic E-state index is -0.575. The molecule has 1 saturated heterocycles. The molecule has 2 N–H and O–H groups in total. The van der Waals surface area contributed by atoms with Crippen LogP contribution in [-0.4, -0.2) is 61.0 Å². The number of fused-ring (bicyclic) bond motifs is 1. The van der Waals surface area contributed by atoms with E-state index in [0.717, 1.165) is 6.42 Å². The number of piperidine rings is 1. The van der Waals surface area contributed by atoms with Gasteiger partial charge in [-0.05, 0) is 31.7 Å². The number of nitrogens with zero attached hydrogens (tertiary/aromatic N) is 3. The van der Waals surface area contributed by atoms with Crippen LogP contribution in [0.5, 0.6) is 11.5 Å². The van der Waals surface area contributed by atoms with Gasteiger partial charge in [0.1, 0.15) is 18.2 Å². The number of hydrogen-bond donors (Lipinski definition) is 2. The van der Waals surface area contributed by atoms with Gasteiger partial charge in [0.15, 0.2) is 23.5 Å². The van der Waals surface area contributed by atoms with Gasteiger partial charge in [0, 0.05) is 31.5 Å². The zero-order valence-electron chi connectivity index (χ0n) is 19.0. The highest BCUT2D eigenvalue weighted by molar-refractivity contribution is 6.31. The molecule has 1 amide bonds. The Morgan fingerprint density at radius 3 is 2.85 bits per heavy atom. The predicted octanol–water partition coefficient (Wildman–Crippen LogP) is 4.33. The average molecular weight is 490 g/mol. The first-order chi connectivity index (χ1) is 16.4. The summed E-state index contributed by atoms with van der Waals surface area (Å²) in [5.74, 6) is 0.790. The maximum atomic E-state index is 14.5. The number of rotatable bonds is 6. The molecule has 2 aromatic carbocycles. The van der Waals surface area contributed by atoms with Crippen LogP contribution in [0.4, 0.5) is 20.7 Å². The normalized spacial score (nSPS) is 18.4. The summed E-state index contributed by atoms with van der Waals surface area (Å²) in [4.78, 5) is 22.2. The number of carbonyl (C=O) groups is 1. The Morgan fingerprint density at radius 1 is 1.26 bits per heavy atom. The number of likely N-dealkylation sites (tertiary alicyclic amines) is 1. The topological polar surface area (TPSA) is 97.8 Å². The molecule has 180 valence electrons. The van der Waals surface area contributed by atoms with Crippen molar-refractivity contribution in [3.05, 3.63) is 47.5 Å². The van der Waals surface area contributed by atoms with Crippen LogP contribution >= 0.6 is 11.6 Å². The van der Waals surface area contributed by atoms with Crippen molar-refractivity contribution < 1.29 is 23.4 Å². The van der Waals surface area contributed by atoms with Gasteiger partial charge in [-0.1, -0.05) is 17.7 Å². The zero-order chi connectivity index (χ0) is 24.2. The fraction of sp³-hybridized carbons (Fsp3) is 0.348. The maximum Gasteiger partial charge on any atom is 0.408 e. The largest absolute Gasteiger partial charge is 0.493 e. The Hall–Kier alpha value is -3.37. The van der Waals surface area contributed by atoms with Gasteiger partial charge in [-0.2, -0.15) is 0 Å². The molecule has 0 saturated carbocycles. The van der Waals surface area contributed by atoms with E-state index < -0.39 is 18.1 Å². The van der Waals surface area contributed by atoms with Crippen LogP contribution in [0.3, 0.4) is 0 Å². The Labute approximate surface area is 201 Å². The van der Waals surface area contributed by atoms with Gasteiger partial charge in [-0.15, -0.1) is 0 Å². The summed E-state index contributed by atoms with van der Waals surface area (Å²) in [5, 5.41) is 6.07. The number of methoxy groups -OCH3 is 1. The van der Waals surface area contributed by atoms with E-state index in [0.29, 0.717) is 41.2 Å². The van der Waals surface area contributed by atoms with Gasteiger partial charge in [0.05, 0.1) is 23.3 Å². The molecule has 0 spiro atoms. The monoisotopic (exact) mass is 489 g/mol. The first kappa shape index (κ1) is 23.8. The second-order valence-electron chi connectivity index (χ2n) is 7.82. The molecule has 0 aliphatic carbocycles. The lowest BCUT2D eigenvalue weighted by Crippen LogP contribution is -2.47. The molecular formula is C23H25ClFN5O4. The molecule has 3 aromatic rings. The summed E-state index contributed by atoms with van der Waals surface area (Å²) in [5.41, 5.74) is 0.781. The summed E-state index contributed by atoms with van der Waals surface area (Å²) in [7, 11) is 4.95. The minimum absolute atomic E-state index is 0.00449. The molecule has 0 unspecified atom stereocenters. The maximum absolute atomic E-state index is 14.5. The fourth-order valence-electron chi connectivity index (χ4n) is 3.76. The van der Waals surface area contributed by atoms with Gasteiger partial charge in [0.25, 0.3) is 0 Å². The van der Waals surface area contributed by atoms with Gasteiger partial charge >= 0.3 is 6.09 Å². The molecule has 0 bridgehead atoms. The van der Waals surface area contributed by atoms with E-state index in [1.165, 1.54) is 19.4 Å². The van der Waals surface area contributed by atoms with Crippen molar-refractivity contribution in [3.8, 4) is 11.5 Å². The standard InChI is InChI=1S/C23H25ClFN5O4/c1-26-23(31)34-20-9-13(7-8-30(20)2)33-19-10-14-17(11-18(19)32-3)27-12-28-22(14)29-16-6-4-5-15(24)21(16)25/h4-6,10-13,20H,7-9H2,1-3H3,(H,26,31)(H,27,28,29)/t13-,20+/m1/s1. The predicted molar refractivity (Wildman–Crippen MR) is 126 cm³/mol. The second kappa shape index (κ2) is 10.3. The van der Waals surface area contributed by atoms with Crippen LogP contribution in [0.1, 0.15) is 12.8 Å². The van der Waals surface area contributed by atoms with Crippen molar-refractivity contribution in [2.75, 3.05) is 33.1 Å². The fourth-order valence-corrected chi connectivity index (χ4v) is 3.94. The molecule has 1 aliphatic rings. The van der Waals surface area contributed by atoms with E-state index in [4.69, 9.17) is 25.8 Å². The summed E-state index contributed by atoms with van der Waals surface area (Å²) >= 11 is 5.91. The number of hydrogen-bond acceptors (Lipinski definition) is 8. The Morgan fingerprint density at radius 2 is 2.09 bits per heavy atom. The van der Waals surface area contributed by atoms with E-state index in [9.17, 15) is 9.18 Å². The number of anilines is 2. The summed E-state index contributed by atoms with van der Waals surface area (Å²) in [6.45, 7) is 0.687. The van der Waals surface area contributed by atoms with E-state index in [1.54, 1.807) is 31.4 Å². The highest BCUT2D eigenvalue weighted by Gasteiger charge is 2.30. The third-order valence-electron chi connectivity index (χ3n) is 5.63. The van der Waals surface area contributed by atoms with Gasteiger partial charge in [0.2, 0.25) is 0 Å². The first-order valence-corrected chi connectivity index (χ1v) is 11.1. The smallest absolute Gasteiger partial charge is 0.408 e. The zero-order valence-corrected chi connectivity index (χ0v) is 19.7. The molecule has 34 heavy (non-hydrogen) atoms. The van der Waals surface area contributed by atoms with Crippen molar-refractivity contribution in [1.82, 2.24) is 20.2 Å². The molecule has 11 heteroatoms. The van der Waals surface area contributed by atoms with E-state index in [-0.39, 0.29) is 16.8 Å². The third-order valence-corrected chi connectivity index (χ3v) is 5.92. The number of amides is 1. The molecule has 2 heterocycles. The molecule has 2 atom stereocenters. The first-order valence-electron chi connectivity index (χ1n) is 10.7. The van der Waals surface area contributed by atoms with E-state index in [2.05, 4.69) is 20.6 Å². The number of carbonyl (C=O) groups excluding carboxylic acids is 1. The van der Waals surface area contributed by atoms with Crippen molar-refractivity contribution in [3.63, 3.8) is 0 Å². The van der Waals surface area contributed by atoms with Crippen molar-refractivity contribution in [1.29, 1.82) is 0 Å². The van der Waals surface area contributed by atoms with Crippen LogP contribution in [0.2, 0.25) is 5.02 Å². The van der Waals surface area contributed by atoms with Crippen molar-refractivity contribution >= 4 is 40.1 Å². The number of alkyl carbamates (subject to hydrolysis) is 1. The number of ether oxygens (including phenoxy) is 3. The van der Waals surface area contributed by atoms with Crippen LogP contribution in [0.25, 0.3) is 10.9 Å². The molecule has 4 rings (SSSR count). The summed E-state index contributed by atoms with van der Waals surface area (Å²) < 4.78 is 31.7. The Balaban J connectivity index is 1.63. The second-order valence-corrected chi connectivity index (χ2v) is 8.23. The van der Waals surface area contributed by atoms with Crippen LogP contribution in [0.15, 0.2) is 36.7 Å². The third kappa shape index (κ3) is 5.07. The number of benzene rings is 2. The lowest BCUT2D eigenvalue weighted by molar-refractivity contribution is -0.0551. The summed E-state index contributed by atoms with van der Waals surface area (Å²) in [6.07, 6.45) is 1.46. The molecular weight excluding hydrogens is 465 g/mol. The molecule has 1 aliphatic heterocycles. The SMILES string of the molecule is CNC(=O)O[C@H]1C[C@H](Oc2cc3c(Nc4cccc(Cl)c4F)ncnc3cc2OC)CCN1C. The molecule has 1 fully saturated rings. The van der Waals surface area contributed by atoms with Gasteiger partial charge < -0.3 is 24.8 Å². The van der Waals surface area contributed by atoms with Gasteiger partial charge in [-0.25, -0.2) is 19.2 Å². The van der Waals surface area contributed by atoms with Crippen LogP contribution in [0, 0.1) is 5.82 Å². The van der Waals surface area contributed by atoms with E-state index in [1.807, 2.05) is 11.9 Å². The van der Waals surface area contributed by atoms with Crippen molar-refractivity contribution in [2.45, 2.75) is 25.2 Å². The highest BCUT2D eigenvalue weighted by atomic mass is 35.5. The minimum Gasteiger partial charge on any atom is -0.493 e. The quantitative estimate of drug-likeness (QED) is 0.528. The number of halogens is 2. The lowest BCUT2D eigenvalue weighted by Gasteiger charge is -2.36. The highest BCUT2D eigenvalue weighted by Crippen LogP contribution is 2.37. The molecule has 1 aromatic heterocycles. The average Bonchev–Trinajstić information content (AvgIpc) is 2.84. The van der Waals surface area contributed by atoms with Gasteiger partial charge in [-0.3, -0.25) is 4.90 Å². The summed E-state index contributed by atoms with van der Waals surface area (Å²) in [6, 6.07) is 8.18. The lowest BCUT2D eigenvalue weighted by atomic mass is 10.1. The number of aromatic nitrogens is 2.